The number of hydrogen-bond acceptors (Lipinski definition) is 2. The molecule has 3 nitrogen and oxygen atoms in total. The van der Waals surface area contributed by atoms with Crippen LogP contribution in [0.4, 0.5) is 0 Å². The van der Waals surface area contributed by atoms with E-state index in [0.29, 0.717) is 17.8 Å². The lowest BCUT2D eigenvalue weighted by Gasteiger charge is -2.44. The fraction of sp³-hybridized carbons (Fsp3) is 0.632. The van der Waals surface area contributed by atoms with E-state index in [-0.39, 0.29) is 24.2 Å². The minimum absolute atomic E-state index is 0.0127. The molecule has 3 heteroatoms. The average Bonchev–Trinajstić information content (AvgIpc) is 2.51. The predicted octanol–water partition coefficient (Wildman–Crippen LogP) is 3.70. The Morgan fingerprint density at radius 1 is 1.18 bits per heavy atom. The van der Waals surface area contributed by atoms with E-state index in [2.05, 4.69) is 38.2 Å². The zero-order valence-electron chi connectivity index (χ0n) is 13.8. The summed E-state index contributed by atoms with van der Waals surface area (Å²) in [6, 6.07) is 10.1. The number of β-lactam (4-membered cyclic amide) rings is 1. The van der Waals surface area contributed by atoms with Gasteiger partial charge in [-0.15, -0.1) is 0 Å². The van der Waals surface area contributed by atoms with E-state index in [0.717, 1.165) is 12.0 Å². The van der Waals surface area contributed by atoms with Crippen LogP contribution in [0.15, 0.2) is 30.3 Å². The number of hydrogen-bond donors (Lipinski definition) is 1. The van der Waals surface area contributed by atoms with Gasteiger partial charge in [0, 0.05) is 0 Å². The molecule has 5 atom stereocenters. The van der Waals surface area contributed by atoms with Crippen LogP contribution in [-0.4, -0.2) is 18.1 Å². The van der Waals surface area contributed by atoms with Crippen molar-refractivity contribution < 1.29 is 9.53 Å². The van der Waals surface area contributed by atoms with Gasteiger partial charge in [0.15, 0.2) is 6.10 Å². The van der Waals surface area contributed by atoms with E-state index < -0.39 is 0 Å². The summed E-state index contributed by atoms with van der Waals surface area (Å²) in [5.74, 6) is 1.91. The molecule has 2 aliphatic rings. The Kier molecular flexibility index (Phi) is 4.53. The van der Waals surface area contributed by atoms with Crippen molar-refractivity contribution in [1.82, 2.24) is 5.32 Å². The van der Waals surface area contributed by atoms with Crippen LogP contribution in [-0.2, 0) is 9.53 Å². The fourth-order valence-corrected chi connectivity index (χ4v) is 3.88. The smallest absolute Gasteiger partial charge is 0.252 e. The van der Waals surface area contributed by atoms with Gasteiger partial charge in [-0.3, -0.25) is 4.79 Å². The van der Waals surface area contributed by atoms with Crippen LogP contribution in [0.25, 0.3) is 0 Å². The average molecular weight is 301 g/mol. The molecule has 0 spiro atoms. The molecule has 1 aliphatic heterocycles. The lowest BCUT2D eigenvalue weighted by atomic mass is 9.75. The van der Waals surface area contributed by atoms with Gasteiger partial charge in [0.05, 0.1) is 12.1 Å². The first kappa shape index (κ1) is 15.5. The first-order chi connectivity index (χ1) is 10.6. The zero-order valence-corrected chi connectivity index (χ0v) is 13.8. The molecule has 1 aromatic carbocycles. The molecule has 1 amide bonds. The van der Waals surface area contributed by atoms with Gasteiger partial charge in [-0.25, -0.2) is 0 Å². The second kappa shape index (κ2) is 6.41. The Bertz CT molecular complexity index is 513. The van der Waals surface area contributed by atoms with Crippen LogP contribution in [0, 0.1) is 17.8 Å². The molecule has 0 bridgehead atoms. The van der Waals surface area contributed by atoms with Crippen molar-refractivity contribution in [2.45, 2.75) is 58.3 Å². The highest BCUT2D eigenvalue weighted by atomic mass is 16.5. The summed E-state index contributed by atoms with van der Waals surface area (Å²) in [4.78, 5) is 12.0. The lowest BCUT2D eigenvalue weighted by Crippen LogP contribution is -2.59. The molecule has 3 unspecified atom stereocenters. The van der Waals surface area contributed by atoms with E-state index >= 15 is 0 Å². The molecular formula is C19H27NO2. The maximum absolute atomic E-state index is 12.0. The summed E-state index contributed by atoms with van der Waals surface area (Å²) in [5, 5.41) is 2.99. The van der Waals surface area contributed by atoms with E-state index in [1.54, 1.807) is 0 Å². The minimum Gasteiger partial charge on any atom is -0.362 e. The van der Waals surface area contributed by atoms with Crippen LogP contribution in [0.5, 0.6) is 0 Å². The van der Waals surface area contributed by atoms with Gasteiger partial charge in [0.2, 0.25) is 0 Å². The Labute approximate surface area is 133 Å². The molecule has 22 heavy (non-hydrogen) atoms. The third-order valence-electron chi connectivity index (χ3n) is 5.30. The second-order valence-electron chi connectivity index (χ2n) is 7.32. The number of ether oxygens (including phenoxy) is 1. The molecular weight excluding hydrogens is 274 g/mol. The van der Waals surface area contributed by atoms with Gasteiger partial charge < -0.3 is 10.1 Å². The Morgan fingerprint density at radius 3 is 2.55 bits per heavy atom. The molecule has 1 saturated heterocycles. The topological polar surface area (TPSA) is 38.3 Å². The summed E-state index contributed by atoms with van der Waals surface area (Å²) >= 11 is 0. The molecule has 0 radical (unpaired) electrons. The number of amides is 1. The van der Waals surface area contributed by atoms with Gasteiger partial charge in [0.25, 0.3) is 5.91 Å². The normalized spacial score (nSPS) is 35.1. The molecule has 0 aromatic heterocycles. The number of nitrogens with one attached hydrogen (secondary N) is 1. The summed E-state index contributed by atoms with van der Waals surface area (Å²) in [6.07, 6.45) is 3.47. The third kappa shape index (κ3) is 3.05. The Morgan fingerprint density at radius 2 is 1.91 bits per heavy atom. The standard InChI is InChI=1S/C19H27NO2/c1-12(2)15-10-9-13(3)11-16(15)22-18-17(20-19(18)21)14-7-5-4-6-8-14/h4-8,12-13,15-18H,9-11H2,1-3H3,(H,20,21)/t13?,15?,16?,17-,18+/m0/s1. The maximum Gasteiger partial charge on any atom is 0.252 e. The van der Waals surface area contributed by atoms with Gasteiger partial charge >= 0.3 is 0 Å². The second-order valence-corrected chi connectivity index (χ2v) is 7.32. The molecule has 1 N–H and O–H groups in total. The number of carbonyl (C=O) groups excluding carboxylic acids is 1. The zero-order chi connectivity index (χ0) is 15.7. The van der Waals surface area contributed by atoms with Crippen molar-refractivity contribution in [3.05, 3.63) is 35.9 Å². The molecule has 1 saturated carbocycles. The van der Waals surface area contributed by atoms with Crippen molar-refractivity contribution in [3.63, 3.8) is 0 Å². The van der Waals surface area contributed by atoms with E-state index in [4.69, 9.17) is 4.74 Å². The fourth-order valence-electron chi connectivity index (χ4n) is 3.88. The number of carbonyl (C=O) groups is 1. The summed E-state index contributed by atoms with van der Waals surface area (Å²) < 4.78 is 6.34. The molecule has 120 valence electrons. The summed E-state index contributed by atoms with van der Waals surface area (Å²) in [5.41, 5.74) is 1.14. The molecule has 1 heterocycles. The van der Waals surface area contributed by atoms with Gasteiger partial charge in [-0.1, -0.05) is 57.5 Å². The van der Waals surface area contributed by atoms with Crippen LogP contribution in [0.3, 0.4) is 0 Å². The van der Waals surface area contributed by atoms with Crippen molar-refractivity contribution in [2.75, 3.05) is 0 Å². The predicted molar refractivity (Wildman–Crippen MR) is 87.3 cm³/mol. The first-order valence-corrected chi connectivity index (χ1v) is 8.57. The highest BCUT2D eigenvalue weighted by Crippen LogP contribution is 2.38. The van der Waals surface area contributed by atoms with E-state index in [1.807, 2.05) is 18.2 Å². The van der Waals surface area contributed by atoms with E-state index in [1.165, 1.54) is 12.8 Å². The Hall–Kier alpha value is -1.35. The van der Waals surface area contributed by atoms with Crippen LogP contribution >= 0.6 is 0 Å². The quantitative estimate of drug-likeness (QED) is 0.861. The molecule has 2 fully saturated rings. The van der Waals surface area contributed by atoms with Gasteiger partial charge in [-0.05, 0) is 36.2 Å². The SMILES string of the molecule is CC1CCC(C(C)C)C(O[C@H]2C(=O)N[C@H]2c2ccccc2)C1. The Balaban J connectivity index is 1.71. The largest absolute Gasteiger partial charge is 0.362 e. The first-order valence-electron chi connectivity index (χ1n) is 8.57. The molecule has 1 aliphatic carbocycles. The van der Waals surface area contributed by atoms with E-state index in [9.17, 15) is 4.79 Å². The highest BCUT2D eigenvalue weighted by Gasteiger charge is 2.44. The van der Waals surface area contributed by atoms with Crippen LogP contribution in [0.1, 0.15) is 51.6 Å². The van der Waals surface area contributed by atoms with Crippen molar-refractivity contribution >= 4 is 5.91 Å². The molecule has 1 aromatic rings. The molecule has 3 rings (SSSR count). The van der Waals surface area contributed by atoms with Crippen molar-refractivity contribution in [2.24, 2.45) is 17.8 Å². The van der Waals surface area contributed by atoms with Crippen LogP contribution < -0.4 is 5.32 Å². The number of rotatable bonds is 4. The summed E-state index contributed by atoms with van der Waals surface area (Å²) in [6.45, 7) is 6.83. The third-order valence-corrected chi connectivity index (χ3v) is 5.30. The van der Waals surface area contributed by atoms with Gasteiger partial charge in [-0.2, -0.15) is 0 Å². The summed E-state index contributed by atoms with van der Waals surface area (Å²) in [7, 11) is 0. The highest BCUT2D eigenvalue weighted by molar-refractivity contribution is 5.88. The minimum atomic E-state index is -0.320. The van der Waals surface area contributed by atoms with Crippen LogP contribution in [0.2, 0.25) is 0 Å². The maximum atomic E-state index is 12.0. The monoisotopic (exact) mass is 301 g/mol. The van der Waals surface area contributed by atoms with Gasteiger partial charge in [0.1, 0.15) is 0 Å². The lowest BCUT2D eigenvalue weighted by molar-refractivity contribution is -0.164. The number of benzene rings is 1. The van der Waals surface area contributed by atoms with Crippen molar-refractivity contribution in [3.8, 4) is 0 Å². The van der Waals surface area contributed by atoms with Crippen molar-refractivity contribution in [1.29, 1.82) is 0 Å².